The summed E-state index contributed by atoms with van der Waals surface area (Å²) in [5, 5.41) is 9.78. The Morgan fingerprint density at radius 3 is 2.33 bits per heavy atom. The first-order chi connectivity index (χ1) is 14.2. The molecule has 166 valence electrons. The van der Waals surface area contributed by atoms with E-state index < -0.39 is 23.0 Å². The highest BCUT2D eigenvalue weighted by Crippen LogP contribution is 2.43. The van der Waals surface area contributed by atoms with Crippen LogP contribution in [-0.4, -0.2) is 47.7 Å². The summed E-state index contributed by atoms with van der Waals surface area (Å²) < 4.78 is 53.4. The summed E-state index contributed by atoms with van der Waals surface area (Å²) in [7, 11) is 0. The second-order valence-corrected chi connectivity index (χ2v) is 9.07. The molecule has 0 bridgehead atoms. The van der Waals surface area contributed by atoms with E-state index in [-0.39, 0.29) is 23.7 Å². The van der Waals surface area contributed by atoms with Gasteiger partial charge in [-0.2, -0.15) is 13.2 Å². The van der Waals surface area contributed by atoms with Crippen LogP contribution in [0.3, 0.4) is 0 Å². The molecule has 1 atom stereocenters. The van der Waals surface area contributed by atoms with Crippen molar-refractivity contribution in [2.75, 3.05) is 24.5 Å². The predicted octanol–water partition coefficient (Wildman–Crippen LogP) is 4.36. The van der Waals surface area contributed by atoms with Gasteiger partial charge in [0.1, 0.15) is 5.82 Å². The molecule has 1 amide bonds. The van der Waals surface area contributed by atoms with Gasteiger partial charge in [-0.25, -0.2) is 4.39 Å². The Morgan fingerprint density at radius 2 is 1.67 bits per heavy atom. The summed E-state index contributed by atoms with van der Waals surface area (Å²) in [4.78, 5) is 17.2. The zero-order valence-corrected chi connectivity index (χ0v) is 16.9. The lowest BCUT2D eigenvalue weighted by atomic mass is 9.72. The van der Waals surface area contributed by atoms with Gasteiger partial charge in [0.05, 0.1) is 17.1 Å². The second kappa shape index (κ2) is 8.02. The third kappa shape index (κ3) is 4.15. The van der Waals surface area contributed by atoms with E-state index >= 15 is 0 Å². The topological polar surface area (TPSA) is 43.8 Å². The summed E-state index contributed by atoms with van der Waals surface area (Å²) in [6.07, 6.45) is 0.983. The summed E-state index contributed by atoms with van der Waals surface area (Å²) in [5.74, 6) is -0.843. The summed E-state index contributed by atoms with van der Waals surface area (Å²) in [5.41, 5.74) is -1.45. The van der Waals surface area contributed by atoms with Crippen LogP contribution in [0, 0.1) is 11.2 Å². The van der Waals surface area contributed by atoms with E-state index in [0.29, 0.717) is 57.8 Å². The minimum absolute atomic E-state index is 0.0762. The molecular formula is C22H28F4N2O2. The van der Waals surface area contributed by atoms with Crippen molar-refractivity contribution in [3.63, 3.8) is 0 Å². The third-order valence-corrected chi connectivity index (χ3v) is 7.03. The van der Waals surface area contributed by atoms with E-state index in [0.717, 1.165) is 31.4 Å². The maximum atomic E-state index is 13.9. The van der Waals surface area contributed by atoms with Gasteiger partial charge in [0.25, 0.3) is 0 Å². The molecule has 1 aromatic carbocycles. The highest BCUT2D eigenvalue weighted by Gasteiger charge is 2.48. The molecule has 30 heavy (non-hydrogen) atoms. The molecule has 3 fully saturated rings. The largest absolute Gasteiger partial charge is 0.416 e. The highest BCUT2D eigenvalue weighted by atomic mass is 19.4. The molecule has 8 heteroatoms. The van der Waals surface area contributed by atoms with Gasteiger partial charge < -0.3 is 14.9 Å². The number of piperidine rings is 2. The molecule has 4 nitrogen and oxygen atoms in total. The molecule has 1 N–H and O–H groups in total. The van der Waals surface area contributed by atoms with Crippen LogP contribution in [-0.2, 0) is 11.0 Å². The Morgan fingerprint density at radius 1 is 1.00 bits per heavy atom. The number of rotatable bonds is 2. The van der Waals surface area contributed by atoms with E-state index in [1.54, 1.807) is 4.90 Å². The van der Waals surface area contributed by atoms with Gasteiger partial charge >= 0.3 is 6.18 Å². The van der Waals surface area contributed by atoms with Crippen molar-refractivity contribution < 1.29 is 27.5 Å². The predicted molar refractivity (Wildman–Crippen MR) is 104 cm³/mol. The van der Waals surface area contributed by atoms with Crippen molar-refractivity contribution in [1.29, 1.82) is 0 Å². The molecule has 0 aromatic heterocycles. The second-order valence-electron chi connectivity index (χ2n) is 9.07. The fourth-order valence-electron chi connectivity index (χ4n) is 5.47. The van der Waals surface area contributed by atoms with Crippen molar-refractivity contribution >= 4 is 11.6 Å². The Kier molecular flexibility index (Phi) is 5.72. The third-order valence-electron chi connectivity index (χ3n) is 7.03. The van der Waals surface area contributed by atoms with E-state index in [1.165, 1.54) is 0 Å². The van der Waals surface area contributed by atoms with Crippen LogP contribution in [0.4, 0.5) is 23.2 Å². The van der Waals surface area contributed by atoms with Crippen LogP contribution < -0.4 is 4.90 Å². The number of alkyl halides is 3. The van der Waals surface area contributed by atoms with Crippen molar-refractivity contribution in [2.24, 2.45) is 5.41 Å². The van der Waals surface area contributed by atoms with Crippen LogP contribution in [0.25, 0.3) is 0 Å². The first-order valence-electron chi connectivity index (χ1n) is 10.8. The summed E-state index contributed by atoms with van der Waals surface area (Å²) in [6, 6.07) is 2.74. The zero-order valence-electron chi connectivity index (χ0n) is 16.9. The van der Waals surface area contributed by atoms with Crippen LogP contribution >= 0.6 is 0 Å². The Bertz CT molecular complexity index is 788. The van der Waals surface area contributed by atoms with Crippen LogP contribution in [0.5, 0.6) is 0 Å². The normalized spacial score (nSPS) is 30.8. The monoisotopic (exact) mass is 428 g/mol. The number of halogens is 4. The average molecular weight is 428 g/mol. The molecule has 1 aliphatic carbocycles. The molecule has 4 rings (SSSR count). The first-order valence-corrected chi connectivity index (χ1v) is 10.8. The van der Waals surface area contributed by atoms with Gasteiger partial charge in [-0.05, 0) is 69.6 Å². The number of nitrogens with zero attached hydrogens (tertiary/aromatic N) is 2. The number of hydrogen-bond donors (Lipinski definition) is 1. The molecular weight excluding hydrogens is 400 g/mol. The first kappa shape index (κ1) is 21.4. The minimum atomic E-state index is -4.62. The van der Waals surface area contributed by atoms with E-state index in [9.17, 15) is 27.5 Å². The number of aliphatic hydroxyl groups excluding tert-OH is 1. The van der Waals surface area contributed by atoms with E-state index in [4.69, 9.17) is 0 Å². The fourth-order valence-corrected chi connectivity index (χ4v) is 5.47. The van der Waals surface area contributed by atoms with Gasteiger partial charge in [0, 0.05) is 31.4 Å². The van der Waals surface area contributed by atoms with Gasteiger partial charge in [0.2, 0.25) is 5.91 Å². The van der Waals surface area contributed by atoms with Gasteiger partial charge in [-0.1, -0.05) is 0 Å². The molecule has 1 aromatic rings. The van der Waals surface area contributed by atoms with Crippen molar-refractivity contribution in [3.8, 4) is 0 Å². The Hall–Kier alpha value is -1.83. The number of anilines is 1. The molecule has 1 spiro atoms. The van der Waals surface area contributed by atoms with Gasteiger partial charge in [0.15, 0.2) is 0 Å². The standard InChI is InChI=1S/C22H28F4N2O2/c23-16-11-15(22(24,25)26)12-18(13-16)27-9-1-7-21(14-27)8-2-10-28(20(21)30)17-3-5-19(29)6-4-17/h11-13,17,19,29H,1-10,14H2/t17?,19?,21-/m1/s1. The maximum absolute atomic E-state index is 13.9. The Labute approximate surface area is 173 Å². The number of amides is 1. The molecule has 0 unspecified atom stereocenters. The molecule has 2 aliphatic heterocycles. The van der Waals surface area contributed by atoms with Crippen molar-refractivity contribution in [3.05, 3.63) is 29.6 Å². The zero-order chi connectivity index (χ0) is 21.5. The molecule has 2 saturated heterocycles. The number of likely N-dealkylation sites (tertiary alicyclic amines) is 1. The lowest BCUT2D eigenvalue weighted by molar-refractivity contribution is -0.151. The molecule has 3 aliphatic rings. The summed E-state index contributed by atoms with van der Waals surface area (Å²) >= 11 is 0. The number of hydrogen-bond acceptors (Lipinski definition) is 3. The number of benzene rings is 1. The maximum Gasteiger partial charge on any atom is 0.416 e. The van der Waals surface area contributed by atoms with Crippen molar-refractivity contribution in [1.82, 2.24) is 4.90 Å². The average Bonchev–Trinajstić information content (AvgIpc) is 2.70. The fraction of sp³-hybridized carbons (Fsp3) is 0.682. The summed E-state index contributed by atoms with van der Waals surface area (Å²) in [6.45, 7) is 1.52. The Balaban J connectivity index is 1.55. The molecule has 1 saturated carbocycles. The smallest absolute Gasteiger partial charge is 0.393 e. The lowest BCUT2D eigenvalue weighted by Crippen LogP contribution is -2.59. The van der Waals surface area contributed by atoms with E-state index in [2.05, 4.69) is 0 Å². The number of aliphatic hydroxyl groups is 1. The number of carbonyl (C=O) groups excluding carboxylic acids is 1. The van der Waals surface area contributed by atoms with Crippen LogP contribution in [0.1, 0.15) is 56.9 Å². The quantitative estimate of drug-likeness (QED) is 0.712. The molecule has 0 radical (unpaired) electrons. The SMILES string of the molecule is O=C1N(C2CCC(O)CC2)CCC[C@@]12CCCN(c1cc(F)cc(C(F)(F)F)c1)C2. The highest BCUT2D eigenvalue weighted by molar-refractivity contribution is 5.85. The van der Waals surface area contributed by atoms with Crippen molar-refractivity contribution in [2.45, 2.75) is 69.7 Å². The number of carbonyl (C=O) groups is 1. The van der Waals surface area contributed by atoms with Crippen LogP contribution in [0.15, 0.2) is 18.2 Å². The van der Waals surface area contributed by atoms with Gasteiger partial charge in [-0.15, -0.1) is 0 Å². The van der Waals surface area contributed by atoms with Crippen LogP contribution in [0.2, 0.25) is 0 Å². The lowest BCUT2D eigenvalue weighted by Gasteiger charge is -2.50. The van der Waals surface area contributed by atoms with Gasteiger partial charge in [-0.3, -0.25) is 4.79 Å². The molecule has 2 heterocycles. The van der Waals surface area contributed by atoms with E-state index in [1.807, 2.05) is 4.90 Å². The minimum Gasteiger partial charge on any atom is -0.393 e.